The second-order valence-electron chi connectivity index (χ2n) is 10.4. The Morgan fingerprint density at radius 3 is 2.17 bits per heavy atom. The Morgan fingerprint density at radius 1 is 0.643 bits per heavy atom. The molecule has 8 rings (SSSR count). The second kappa shape index (κ2) is 9.91. The zero-order valence-electron chi connectivity index (χ0n) is 23.3. The summed E-state index contributed by atoms with van der Waals surface area (Å²) in [6.07, 6.45) is 1.87. The molecule has 0 unspecified atom stereocenters. The van der Waals surface area contributed by atoms with Gasteiger partial charge in [0.2, 0.25) is 5.95 Å². The van der Waals surface area contributed by atoms with Crippen molar-refractivity contribution in [1.29, 1.82) is 0 Å². The van der Waals surface area contributed by atoms with Crippen LogP contribution in [0.1, 0.15) is 0 Å². The van der Waals surface area contributed by atoms with E-state index in [0.717, 1.165) is 73.0 Å². The normalized spacial score (nSPS) is 12.4. The number of rotatable bonds is 3. The zero-order chi connectivity index (χ0) is 27.7. The van der Waals surface area contributed by atoms with E-state index in [0.29, 0.717) is 0 Å². The molecule has 7 heteroatoms. The molecule has 1 aliphatic heterocycles. The number of hydrogen-bond donors (Lipinski definition) is 0. The molecule has 7 aromatic rings. The molecule has 2 aromatic heterocycles. The first-order chi connectivity index (χ1) is 20.1. The van der Waals surface area contributed by atoms with Crippen LogP contribution in [0.15, 0.2) is 103 Å². The molecule has 1 aliphatic rings. The maximum Gasteiger partial charge on any atom is 2.00 e. The van der Waals surface area contributed by atoms with E-state index >= 15 is 0 Å². The average Bonchev–Trinajstić information content (AvgIpc) is 3.57. The molecule has 0 fully saturated rings. The Bertz CT molecular complexity index is 2110. The third kappa shape index (κ3) is 3.78. The molecule has 0 atom stereocenters. The largest absolute Gasteiger partial charge is 2.00 e. The molecule has 0 aliphatic carbocycles. The molecule has 6 nitrogen and oxygen atoms in total. The summed E-state index contributed by atoms with van der Waals surface area (Å²) in [5.74, 6) is 0.828. The third-order valence-electron chi connectivity index (χ3n) is 8.10. The van der Waals surface area contributed by atoms with Gasteiger partial charge in [-0.05, 0) is 35.6 Å². The molecule has 0 saturated heterocycles. The first-order valence-corrected chi connectivity index (χ1v) is 13.6. The number of para-hydroxylation sites is 4. The van der Waals surface area contributed by atoms with Crippen molar-refractivity contribution in [1.82, 2.24) is 19.1 Å². The molecule has 0 saturated carbocycles. The van der Waals surface area contributed by atoms with Crippen LogP contribution in [0, 0.1) is 12.1 Å². The molecule has 3 heterocycles. The van der Waals surface area contributed by atoms with Crippen LogP contribution in [0.2, 0.25) is 0 Å². The zero-order valence-corrected chi connectivity index (χ0v) is 24.2. The van der Waals surface area contributed by atoms with Crippen molar-refractivity contribution in [2.24, 2.45) is 14.1 Å². The summed E-state index contributed by atoms with van der Waals surface area (Å²) in [5.41, 5.74) is 12.4. The minimum absolute atomic E-state index is 0. The number of benzene rings is 5. The van der Waals surface area contributed by atoms with Gasteiger partial charge in [0.15, 0.2) is 0 Å². The van der Waals surface area contributed by atoms with Crippen molar-refractivity contribution < 1.29 is 17.1 Å². The van der Waals surface area contributed by atoms with E-state index in [9.17, 15) is 0 Å². The van der Waals surface area contributed by atoms with E-state index in [2.05, 4.69) is 124 Å². The predicted octanol–water partition coefficient (Wildman–Crippen LogP) is 7.94. The molecule has 207 valence electrons. The first-order valence-electron chi connectivity index (χ1n) is 13.6. The molecule has 42 heavy (non-hydrogen) atoms. The molecule has 0 amide bonds. The number of imidazole rings is 2. The Balaban J connectivity index is 0.00000288. The molecular weight excluding hydrogens is 568 g/mol. The van der Waals surface area contributed by atoms with Gasteiger partial charge in [-0.3, -0.25) is 4.90 Å². The monoisotopic (exact) mass is 593 g/mol. The smallest absolute Gasteiger partial charge is 0.381 e. The van der Waals surface area contributed by atoms with Crippen molar-refractivity contribution in [2.75, 3.05) is 16.8 Å². The number of nitrogens with zero attached hydrogens (tertiary/aromatic N) is 6. The minimum Gasteiger partial charge on any atom is -0.381 e. The van der Waals surface area contributed by atoms with Crippen LogP contribution in [0.5, 0.6) is 0 Å². The number of fused-ring (bicyclic) bond motifs is 4. The van der Waals surface area contributed by atoms with E-state index in [1.54, 1.807) is 0 Å². The SMILES string of the molecule is CN1c2ccc(-c3cccc4c3ncn4C)[c-]c2N(c2nc3c(-c4[c-]cccc4)cccc3n2C)c2ccccc21.[Cu+2]. The predicted molar refractivity (Wildman–Crippen MR) is 166 cm³/mol. The maximum absolute atomic E-state index is 5.31. The van der Waals surface area contributed by atoms with Gasteiger partial charge in [0.05, 0.1) is 39.8 Å². The molecule has 5 aromatic carbocycles. The van der Waals surface area contributed by atoms with Crippen molar-refractivity contribution in [3.05, 3.63) is 116 Å². The van der Waals surface area contributed by atoms with Crippen LogP contribution in [0.4, 0.5) is 28.7 Å². The summed E-state index contributed by atoms with van der Waals surface area (Å²) < 4.78 is 4.22. The van der Waals surface area contributed by atoms with E-state index < -0.39 is 0 Å². The first kappa shape index (κ1) is 26.1. The molecule has 0 N–H and O–H groups in total. The number of anilines is 5. The van der Waals surface area contributed by atoms with Crippen molar-refractivity contribution in [3.63, 3.8) is 0 Å². The van der Waals surface area contributed by atoms with Crippen LogP contribution in [-0.2, 0) is 31.2 Å². The van der Waals surface area contributed by atoms with Gasteiger partial charge in [-0.15, -0.1) is 59.7 Å². The summed E-state index contributed by atoms with van der Waals surface area (Å²) in [6, 6.07) is 40.7. The van der Waals surface area contributed by atoms with E-state index in [1.165, 1.54) is 0 Å². The fourth-order valence-corrected chi connectivity index (χ4v) is 6.02. The summed E-state index contributed by atoms with van der Waals surface area (Å²) in [6.45, 7) is 0. The second-order valence-corrected chi connectivity index (χ2v) is 10.4. The van der Waals surface area contributed by atoms with Crippen LogP contribution < -0.4 is 9.80 Å². The van der Waals surface area contributed by atoms with E-state index in [-0.39, 0.29) is 17.1 Å². The Kier molecular flexibility index (Phi) is 6.15. The number of aromatic nitrogens is 4. The Morgan fingerprint density at radius 2 is 1.38 bits per heavy atom. The number of aryl methyl sites for hydroxylation is 2. The van der Waals surface area contributed by atoms with Crippen molar-refractivity contribution in [3.8, 4) is 22.3 Å². The molecular formula is C35H26CuN6. The Labute approximate surface area is 255 Å². The van der Waals surface area contributed by atoms with Crippen LogP contribution >= 0.6 is 0 Å². The fourth-order valence-electron chi connectivity index (χ4n) is 6.02. The maximum atomic E-state index is 5.31. The summed E-state index contributed by atoms with van der Waals surface area (Å²) in [7, 11) is 6.22. The fraction of sp³-hybridized carbons (Fsp3) is 0.0857. The molecule has 0 bridgehead atoms. The van der Waals surface area contributed by atoms with E-state index in [4.69, 9.17) is 9.97 Å². The summed E-state index contributed by atoms with van der Waals surface area (Å²) in [5, 5.41) is 0. The van der Waals surface area contributed by atoms with Crippen molar-refractivity contribution >= 4 is 50.8 Å². The summed E-state index contributed by atoms with van der Waals surface area (Å²) in [4.78, 5) is 14.5. The van der Waals surface area contributed by atoms with Gasteiger partial charge in [-0.2, -0.15) is 0 Å². The van der Waals surface area contributed by atoms with E-state index in [1.807, 2.05) is 31.6 Å². The van der Waals surface area contributed by atoms with Gasteiger partial charge in [0.25, 0.3) is 0 Å². The van der Waals surface area contributed by atoms with Crippen molar-refractivity contribution in [2.45, 2.75) is 0 Å². The average molecular weight is 594 g/mol. The van der Waals surface area contributed by atoms with Gasteiger partial charge in [-0.1, -0.05) is 47.5 Å². The Hall–Kier alpha value is -4.84. The quantitative estimate of drug-likeness (QED) is 0.154. The van der Waals surface area contributed by atoms with Gasteiger partial charge in [-0.25, -0.2) is 9.97 Å². The van der Waals surface area contributed by atoms with Gasteiger partial charge < -0.3 is 14.0 Å². The van der Waals surface area contributed by atoms with Gasteiger partial charge in [0.1, 0.15) is 0 Å². The molecule has 0 spiro atoms. The number of hydrogen-bond acceptors (Lipinski definition) is 4. The van der Waals surface area contributed by atoms with Crippen LogP contribution in [-0.4, -0.2) is 26.1 Å². The van der Waals surface area contributed by atoms with Crippen LogP contribution in [0.25, 0.3) is 44.3 Å². The van der Waals surface area contributed by atoms with Gasteiger partial charge >= 0.3 is 17.1 Å². The van der Waals surface area contributed by atoms with Gasteiger partial charge in [0, 0.05) is 21.1 Å². The molecule has 1 radical (unpaired) electrons. The summed E-state index contributed by atoms with van der Waals surface area (Å²) >= 11 is 0. The topological polar surface area (TPSA) is 42.1 Å². The van der Waals surface area contributed by atoms with Crippen LogP contribution in [0.3, 0.4) is 0 Å². The standard InChI is InChI=1S/C35H26N6.Cu/c1-38-22-36-33-26(14-9-17-30(33)38)24-19-20-28-32(21-24)41(29-16-8-7-15-27(29)39(28)2)35-37-34-25(23-11-5-4-6-12-23)13-10-18-31(34)40(35)3;/h4-11,13-20,22H,1-3H3;/q-2;+2. The minimum atomic E-state index is 0. The third-order valence-corrected chi connectivity index (χ3v) is 8.10.